The van der Waals surface area contributed by atoms with E-state index in [4.69, 9.17) is 4.52 Å². The van der Waals surface area contributed by atoms with Gasteiger partial charge in [-0.05, 0) is 37.8 Å². The van der Waals surface area contributed by atoms with Crippen LogP contribution in [0.5, 0.6) is 0 Å². The topological polar surface area (TPSA) is 80.8 Å². The Morgan fingerprint density at radius 2 is 1.80 bits per heavy atom. The van der Waals surface area contributed by atoms with Crippen LogP contribution in [0.25, 0.3) is 11.4 Å². The highest BCUT2D eigenvalue weighted by atomic mass is 19.4. The lowest BCUT2D eigenvalue weighted by Gasteiger charge is -2.31. The third kappa shape index (κ3) is 3.86. The van der Waals surface area contributed by atoms with Crippen LogP contribution in [0, 0.1) is 0 Å². The number of anilines is 1. The fourth-order valence-corrected chi connectivity index (χ4v) is 3.64. The highest BCUT2D eigenvalue weighted by Gasteiger charge is 2.35. The quantitative estimate of drug-likeness (QED) is 0.630. The van der Waals surface area contributed by atoms with E-state index in [9.17, 15) is 13.2 Å². The average Bonchev–Trinajstić information content (AvgIpc) is 3.50. The predicted octanol–water partition coefficient (Wildman–Crippen LogP) is 4.20. The third-order valence-corrected chi connectivity index (χ3v) is 5.49. The van der Waals surface area contributed by atoms with Crippen LogP contribution in [0.15, 0.2) is 35.1 Å². The van der Waals surface area contributed by atoms with Crippen LogP contribution >= 0.6 is 0 Å². The number of rotatable bonds is 4. The molecule has 4 heterocycles. The smallest absolute Gasteiger partial charge is 0.356 e. The highest BCUT2D eigenvalue weighted by molar-refractivity contribution is 5.57. The lowest BCUT2D eigenvalue weighted by atomic mass is 9.96. The lowest BCUT2D eigenvalue weighted by Crippen LogP contribution is -2.34. The molecule has 0 spiro atoms. The second kappa shape index (κ2) is 7.33. The monoisotopic (exact) mass is 416 g/mol. The van der Waals surface area contributed by atoms with Crippen molar-refractivity contribution in [2.24, 2.45) is 0 Å². The van der Waals surface area contributed by atoms with Crippen molar-refractivity contribution < 1.29 is 17.7 Å². The van der Waals surface area contributed by atoms with Gasteiger partial charge >= 0.3 is 6.18 Å². The zero-order valence-electron chi connectivity index (χ0n) is 16.0. The van der Waals surface area contributed by atoms with Gasteiger partial charge in [0, 0.05) is 48.9 Å². The van der Waals surface area contributed by atoms with Crippen molar-refractivity contribution in [1.82, 2.24) is 25.1 Å². The SMILES string of the molecule is FC(F)(F)c1cc(N2CCC(c3noc(C4CC4)n3)CC2)nc(-c2cccnc2)n1. The first-order valence-corrected chi connectivity index (χ1v) is 9.92. The van der Waals surface area contributed by atoms with E-state index in [2.05, 4.69) is 25.1 Å². The van der Waals surface area contributed by atoms with Crippen LogP contribution < -0.4 is 4.90 Å². The molecule has 3 aromatic heterocycles. The molecule has 0 aromatic carbocycles. The Hall–Kier alpha value is -3.04. The summed E-state index contributed by atoms with van der Waals surface area (Å²) < 4.78 is 45.7. The molecular weight excluding hydrogens is 397 g/mol. The van der Waals surface area contributed by atoms with E-state index in [0.717, 1.165) is 31.7 Å². The lowest BCUT2D eigenvalue weighted by molar-refractivity contribution is -0.141. The number of piperidine rings is 1. The Morgan fingerprint density at radius 3 is 2.47 bits per heavy atom. The Labute approximate surface area is 170 Å². The summed E-state index contributed by atoms with van der Waals surface area (Å²) in [6, 6.07) is 4.30. The van der Waals surface area contributed by atoms with Gasteiger partial charge < -0.3 is 9.42 Å². The molecule has 0 unspecified atom stereocenters. The highest BCUT2D eigenvalue weighted by Crippen LogP contribution is 2.40. The Morgan fingerprint density at radius 1 is 1.00 bits per heavy atom. The molecule has 1 aliphatic heterocycles. The molecule has 0 atom stereocenters. The molecule has 10 heteroatoms. The van der Waals surface area contributed by atoms with Gasteiger partial charge in [0.25, 0.3) is 0 Å². The van der Waals surface area contributed by atoms with Crippen molar-refractivity contribution >= 4 is 5.82 Å². The van der Waals surface area contributed by atoms with Crippen molar-refractivity contribution in [3.63, 3.8) is 0 Å². The summed E-state index contributed by atoms with van der Waals surface area (Å²) in [5.41, 5.74) is -0.514. The van der Waals surface area contributed by atoms with Crippen molar-refractivity contribution in [2.45, 2.75) is 43.7 Å². The minimum atomic E-state index is -4.56. The summed E-state index contributed by atoms with van der Waals surface area (Å²) in [7, 11) is 0. The van der Waals surface area contributed by atoms with Gasteiger partial charge in [-0.2, -0.15) is 18.2 Å². The molecule has 30 heavy (non-hydrogen) atoms. The van der Waals surface area contributed by atoms with Crippen molar-refractivity contribution in [1.29, 1.82) is 0 Å². The van der Waals surface area contributed by atoms with Crippen LogP contribution in [0.3, 0.4) is 0 Å². The van der Waals surface area contributed by atoms with E-state index in [1.807, 2.05) is 4.90 Å². The molecule has 1 saturated carbocycles. The minimum Gasteiger partial charge on any atom is -0.356 e. The van der Waals surface area contributed by atoms with E-state index in [-0.39, 0.29) is 17.6 Å². The van der Waals surface area contributed by atoms with Gasteiger partial charge in [-0.3, -0.25) is 4.98 Å². The van der Waals surface area contributed by atoms with Crippen molar-refractivity contribution in [2.75, 3.05) is 18.0 Å². The number of alkyl halides is 3. The van der Waals surface area contributed by atoms with E-state index in [1.54, 1.807) is 18.3 Å². The molecule has 2 aliphatic rings. The van der Waals surface area contributed by atoms with Gasteiger partial charge in [0.2, 0.25) is 5.89 Å². The number of nitrogens with zero attached hydrogens (tertiary/aromatic N) is 6. The first kappa shape index (κ1) is 19.0. The predicted molar refractivity (Wildman–Crippen MR) is 101 cm³/mol. The van der Waals surface area contributed by atoms with Gasteiger partial charge in [0.1, 0.15) is 5.82 Å². The van der Waals surface area contributed by atoms with Gasteiger partial charge in [-0.15, -0.1) is 0 Å². The van der Waals surface area contributed by atoms with Crippen LogP contribution in [0.1, 0.15) is 54.9 Å². The largest absolute Gasteiger partial charge is 0.433 e. The summed E-state index contributed by atoms with van der Waals surface area (Å²) >= 11 is 0. The second-order valence-corrected chi connectivity index (χ2v) is 7.70. The molecule has 0 N–H and O–H groups in total. The van der Waals surface area contributed by atoms with Crippen molar-refractivity contribution in [3.8, 4) is 11.4 Å². The second-order valence-electron chi connectivity index (χ2n) is 7.70. The number of aromatic nitrogens is 5. The fraction of sp³-hybridized carbons (Fsp3) is 0.450. The molecule has 0 amide bonds. The van der Waals surface area contributed by atoms with Crippen LogP contribution in [-0.4, -0.2) is 38.2 Å². The maximum absolute atomic E-state index is 13.4. The summed E-state index contributed by atoms with van der Waals surface area (Å²) in [6.45, 7) is 1.11. The summed E-state index contributed by atoms with van der Waals surface area (Å²) in [4.78, 5) is 18.5. The maximum Gasteiger partial charge on any atom is 0.433 e. The minimum absolute atomic E-state index is 0.0160. The molecule has 156 valence electrons. The van der Waals surface area contributed by atoms with E-state index < -0.39 is 11.9 Å². The summed E-state index contributed by atoms with van der Waals surface area (Å²) in [6.07, 6.45) is 2.07. The van der Waals surface area contributed by atoms with E-state index in [0.29, 0.717) is 36.3 Å². The fourth-order valence-electron chi connectivity index (χ4n) is 3.64. The third-order valence-electron chi connectivity index (χ3n) is 5.49. The average molecular weight is 416 g/mol. The number of halogens is 3. The molecular formula is C20H19F3N6O. The van der Waals surface area contributed by atoms with E-state index in [1.165, 1.54) is 6.20 Å². The van der Waals surface area contributed by atoms with Crippen molar-refractivity contribution in [3.05, 3.63) is 48.0 Å². The number of hydrogen-bond acceptors (Lipinski definition) is 7. The zero-order valence-corrected chi connectivity index (χ0v) is 16.0. The Bertz CT molecular complexity index is 1030. The van der Waals surface area contributed by atoms with Crippen LogP contribution in [-0.2, 0) is 6.18 Å². The molecule has 2 fully saturated rings. The standard InChI is InChI=1S/C20H19F3N6O/c21-20(22,23)15-10-16(26-17(25-15)14-2-1-7-24-11-14)29-8-5-12(6-9-29)18-27-19(30-28-18)13-3-4-13/h1-2,7,10-13H,3-6,8-9H2. The summed E-state index contributed by atoms with van der Waals surface area (Å²) in [5, 5.41) is 4.11. The van der Waals surface area contributed by atoms with Gasteiger partial charge in [0.15, 0.2) is 17.3 Å². The van der Waals surface area contributed by atoms with E-state index >= 15 is 0 Å². The number of hydrogen-bond donors (Lipinski definition) is 0. The first-order chi connectivity index (χ1) is 14.5. The van der Waals surface area contributed by atoms with Gasteiger partial charge in [-0.1, -0.05) is 5.16 Å². The molecule has 1 saturated heterocycles. The molecule has 0 bridgehead atoms. The normalized spacial score (nSPS) is 18.0. The zero-order chi connectivity index (χ0) is 20.7. The van der Waals surface area contributed by atoms with Gasteiger partial charge in [-0.25, -0.2) is 9.97 Å². The maximum atomic E-state index is 13.4. The van der Waals surface area contributed by atoms with Crippen LogP contribution in [0.4, 0.5) is 19.0 Å². The Kier molecular flexibility index (Phi) is 4.63. The molecule has 7 nitrogen and oxygen atoms in total. The molecule has 0 radical (unpaired) electrons. The number of pyridine rings is 1. The van der Waals surface area contributed by atoms with Crippen LogP contribution in [0.2, 0.25) is 0 Å². The first-order valence-electron chi connectivity index (χ1n) is 9.92. The molecule has 1 aliphatic carbocycles. The summed E-state index contributed by atoms with van der Waals surface area (Å²) in [5.74, 6) is 2.23. The molecule has 3 aromatic rings. The Balaban J connectivity index is 1.37. The molecule has 5 rings (SSSR count). The van der Waals surface area contributed by atoms with Gasteiger partial charge in [0.05, 0.1) is 0 Å².